The molecule has 2 aromatic rings. The molecule has 2 rings (SSSR count). The van der Waals surface area contributed by atoms with Crippen LogP contribution in [0.15, 0.2) is 30.3 Å². The van der Waals surface area contributed by atoms with Crippen molar-refractivity contribution in [2.45, 2.75) is 13.3 Å². The fourth-order valence-corrected chi connectivity index (χ4v) is 2.11. The lowest BCUT2D eigenvalue weighted by Crippen LogP contribution is -2.07. The number of esters is 1. The maximum atomic E-state index is 11.9. The molecule has 0 fully saturated rings. The highest BCUT2D eigenvalue weighted by molar-refractivity contribution is 7.09. The number of aromatic nitrogens is 2. The van der Waals surface area contributed by atoms with Gasteiger partial charge in [-0.2, -0.15) is 0 Å². The highest BCUT2D eigenvalue weighted by Crippen LogP contribution is 2.26. The Bertz CT molecular complexity index is 611. The number of nitrogens with zero attached hydrogens (tertiary/aromatic N) is 2. The molecule has 0 amide bonds. The molecule has 0 spiro atoms. The van der Waals surface area contributed by atoms with Crippen LogP contribution in [0.1, 0.15) is 23.8 Å². The van der Waals surface area contributed by atoms with Gasteiger partial charge in [-0.1, -0.05) is 47.7 Å². The summed E-state index contributed by atoms with van der Waals surface area (Å²) < 4.78 is 8.86. The molecule has 1 aromatic heterocycles. The van der Waals surface area contributed by atoms with E-state index in [9.17, 15) is 4.79 Å². The Morgan fingerprint density at radius 2 is 2.11 bits per heavy atom. The lowest BCUT2D eigenvalue weighted by Gasteiger charge is -2.00. The van der Waals surface area contributed by atoms with E-state index in [4.69, 9.17) is 4.74 Å². The van der Waals surface area contributed by atoms with Crippen molar-refractivity contribution in [1.29, 1.82) is 0 Å². The van der Waals surface area contributed by atoms with Crippen LogP contribution in [0.25, 0.3) is 10.4 Å². The molecule has 0 aliphatic carbocycles. The molecule has 0 N–H and O–H groups in total. The van der Waals surface area contributed by atoms with Gasteiger partial charge in [-0.3, -0.25) is 0 Å². The van der Waals surface area contributed by atoms with E-state index in [2.05, 4.69) is 21.4 Å². The summed E-state index contributed by atoms with van der Waals surface area (Å²) in [7, 11) is 0. The normalized spacial score (nSPS) is 9.53. The third-order valence-corrected chi connectivity index (χ3v) is 3.07. The average molecular weight is 272 g/mol. The van der Waals surface area contributed by atoms with Gasteiger partial charge in [0.25, 0.3) is 0 Å². The molecule has 4 nitrogen and oxygen atoms in total. The molecule has 0 radical (unpaired) electrons. The van der Waals surface area contributed by atoms with Crippen LogP contribution in [0.4, 0.5) is 0 Å². The maximum Gasteiger partial charge on any atom is 0.361 e. The van der Waals surface area contributed by atoms with Crippen molar-refractivity contribution in [3.05, 3.63) is 36.0 Å². The SMILES string of the molecule is CCC#CCOC(=O)c1nnsc1-c1ccccc1. The number of hydrogen-bond donors (Lipinski definition) is 0. The number of ether oxygens (including phenoxy) is 1. The van der Waals surface area contributed by atoms with E-state index in [0.29, 0.717) is 4.88 Å². The van der Waals surface area contributed by atoms with Crippen molar-refractivity contribution >= 4 is 17.5 Å². The quantitative estimate of drug-likeness (QED) is 0.637. The third-order valence-electron chi connectivity index (χ3n) is 2.29. The molecule has 0 aliphatic heterocycles. The predicted octanol–water partition coefficient (Wildman–Crippen LogP) is 2.78. The summed E-state index contributed by atoms with van der Waals surface area (Å²) in [6.07, 6.45) is 0.741. The average Bonchev–Trinajstić information content (AvgIpc) is 2.94. The Balaban J connectivity index is 2.14. The van der Waals surface area contributed by atoms with Crippen LogP contribution in [0, 0.1) is 11.8 Å². The van der Waals surface area contributed by atoms with E-state index in [-0.39, 0.29) is 12.3 Å². The summed E-state index contributed by atoms with van der Waals surface area (Å²) in [6, 6.07) is 9.52. The number of rotatable bonds is 3. The first-order chi connectivity index (χ1) is 9.33. The van der Waals surface area contributed by atoms with Crippen molar-refractivity contribution in [1.82, 2.24) is 9.59 Å². The van der Waals surface area contributed by atoms with E-state index in [0.717, 1.165) is 12.0 Å². The van der Waals surface area contributed by atoms with E-state index in [1.165, 1.54) is 11.5 Å². The number of hydrogen-bond acceptors (Lipinski definition) is 5. The number of carbonyl (C=O) groups excluding carboxylic acids is 1. The molecule has 0 saturated carbocycles. The van der Waals surface area contributed by atoms with Gasteiger partial charge in [0, 0.05) is 6.42 Å². The van der Waals surface area contributed by atoms with Gasteiger partial charge in [0.15, 0.2) is 12.3 Å². The van der Waals surface area contributed by atoms with Gasteiger partial charge < -0.3 is 4.74 Å². The number of benzene rings is 1. The largest absolute Gasteiger partial charge is 0.448 e. The zero-order valence-electron chi connectivity index (χ0n) is 10.4. The fourth-order valence-electron chi connectivity index (χ4n) is 1.45. The minimum Gasteiger partial charge on any atom is -0.448 e. The molecular weight excluding hydrogens is 260 g/mol. The van der Waals surface area contributed by atoms with E-state index in [1.54, 1.807) is 0 Å². The van der Waals surface area contributed by atoms with Gasteiger partial charge in [0.05, 0.1) is 4.88 Å². The summed E-state index contributed by atoms with van der Waals surface area (Å²) in [6.45, 7) is 2.02. The Kier molecular flexibility index (Phi) is 4.65. The zero-order chi connectivity index (χ0) is 13.5. The molecule has 0 aliphatic rings. The van der Waals surface area contributed by atoms with Crippen LogP contribution in [0.2, 0.25) is 0 Å². The maximum absolute atomic E-state index is 11.9. The second-order valence-electron chi connectivity index (χ2n) is 3.60. The Morgan fingerprint density at radius 1 is 1.32 bits per heavy atom. The molecule has 19 heavy (non-hydrogen) atoms. The first kappa shape index (κ1) is 13.2. The van der Waals surface area contributed by atoms with Crippen LogP contribution in [0.5, 0.6) is 0 Å². The molecule has 0 unspecified atom stereocenters. The molecule has 0 saturated heterocycles. The summed E-state index contributed by atoms with van der Waals surface area (Å²) in [5.74, 6) is 5.10. The minimum absolute atomic E-state index is 0.0818. The second-order valence-corrected chi connectivity index (χ2v) is 4.35. The van der Waals surface area contributed by atoms with E-state index >= 15 is 0 Å². The highest BCUT2D eigenvalue weighted by Gasteiger charge is 2.18. The monoisotopic (exact) mass is 272 g/mol. The van der Waals surface area contributed by atoms with Crippen LogP contribution in [0.3, 0.4) is 0 Å². The topological polar surface area (TPSA) is 52.1 Å². The summed E-state index contributed by atoms with van der Waals surface area (Å²) in [4.78, 5) is 12.6. The van der Waals surface area contributed by atoms with Crippen LogP contribution in [-0.2, 0) is 4.74 Å². The first-order valence-electron chi connectivity index (χ1n) is 5.83. The molecule has 1 aromatic carbocycles. The summed E-state index contributed by atoms with van der Waals surface area (Å²) >= 11 is 1.18. The standard InChI is InChI=1S/C14H12N2O2S/c1-2-3-7-10-18-14(17)12-13(19-16-15-12)11-8-5-4-6-9-11/h4-6,8-9H,2,10H2,1H3. The highest BCUT2D eigenvalue weighted by atomic mass is 32.1. The van der Waals surface area contributed by atoms with Crippen molar-refractivity contribution in [2.75, 3.05) is 6.61 Å². The minimum atomic E-state index is -0.488. The van der Waals surface area contributed by atoms with Crippen LogP contribution < -0.4 is 0 Å². The predicted molar refractivity (Wildman–Crippen MR) is 73.7 cm³/mol. The zero-order valence-corrected chi connectivity index (χ0v) is 11.2. The molecule has 0 atom stereocenters. The number of carbonyl (C=O) groups is 1. The van der Waals surface area contributed by atoms with Crippen molar-refractivity contribution in [3.63, 3.8) is 0 Å². The van der Waals surface area contributed by atoms with E-state index in [1.807, 2.05) is 37.3 Å². The van der Waals surface area contributed by atoms with Gasteiger partial charge in [0.2, 0.25) is 0 Å². The lowest BCUT2D eigenvalue weighted by molar-refractivity contribution is 0.0550. The van der Waals surface area contributed by atoms with Crippen LogP contribution in [-0.4, -0.2) is 22.2 Å². The third kappa shape index (κ3) is 3.39. The van der Waals surface area contributed by atoms with Gasteiger partial charge in [-0.15, -0.1) is 11.0 Å². The first-order valence-corrected chi connectivity index (χ1v) is 6.61. The van der Waals surface area contributed by atoms with Gasteiger partial charge in [0.1, 0.15) is 0 Å². The van der Waals surface area contributed by atoms with Crippen LogP contribution >= 0.6 is 11.5 Å². The summed E-state index contributed by atoms with van der Waals surface area (Å²) in [5.41, 5.74) is 1.15. The molecular formula is C14H12N2O2S. The van der Waals surface area contributed by atoms with Crippen molar-refractivity contribution in [2.24, 2.45) is 0 Å². The van der Waals surface area contributed by atoms with Crippen molar-refractivity contribution in [3.8, 4) is 22.3 Å². The van der Waals surface area contributed by atoms with Gasteiger partial charge >= 0.3 is 5.97 Å². The van der Waals surface area contributed by atoms with E-state index < -0.39 is 5.97 Å². The lowest BCUT2D eigenvalue weighted by atomic mass is 10.1. The van der Waals surface area contributed by atoms with Gasteiger partial charge in [-0.25, -0.2) is 4.79 Å². The van der Waals surface area contributed by atoms with Gasteiger partial charge in [-0.05, 0) is 17.1 Å². The Labute approximate surface area is 115 Å². The molecule has 0 bridgehead atoms. The Hall–Kier alpha value is -2.19. The smallest absolute Gasteiger partial charge is 0.361 e. The Morgan fingerprint density at radius 3 is 2.84 bits per heavy atom. The fraction of sp³-hybridized carbons (Fsp3) is 0.214. The molecule has 96 valence electrons. The molecule has 1 heterocycles. The van der Waals surface area contributed by atoms with Crippen molar-refractivity contribution < 1.29 is 9.53 Å². The summed E-state index contributed by atoms with van der Waals surface area (Å²) in [5, 5.41) is 3.84. The second kappa shape index (κ2) is 6.66. The molecule has 5 heteroatoms.